The Morgan fingerprint density at radius 1 is 1.22 bits per heavy atom. The highest BCUT2D eigenvalue weighted by Crippen LogP contribution is 2.22. The first-order chi connectivity index (χ1) is 8.83. The molecule has 0 radical (unpaired) electrons. The molecular weight excluding hydrogens is 230 g/mol. The topological polar surface area (TPSA) is 60.2 Å². The molecule has 1 heterocycles. The molecule has 18 heavy (non-hydrogen) atoms. The lowest BCUT2D eigenvalue weighted by Crippen LogP contribution is -2.26. The first-order valence-electron chi connectivity index (χ1n) is 6.15. The summed E-state index contributed by atoms with van der Waals surface area (Å²) in [6, 6.07) is 10.1. The minimum atomic E-state index is -0.395. The predicted molar refractivity (Wildman–Crippen MR) is 65.6 cm³/mol. The summed E-state index contributed by atoms with van der Waals surface area (Å²) in [5, 5.41) is 13.9. The fourth-order valence-corrected chi connectivity index (χ4v) is 2.19. The van der Waals surface area contributed by atoms with Gasteiger partial charge < -0.3 is 9.84 Å². The molecule has 0 saturated heterocycles. The fraction of sp³-hybridized carbons (Fsp3) is 0.385. The number of aliphatic hydroxyl groups is 1. The molecule has 1 saturated carbocycles. The molecule has 94 valence electrons. The highest BCUT2D eigenvalue weighted by Gasteiger charge is 2.27. The van der Waals surface area contributed by atoms with Crippen molar-refractivity contribution in [2.75, 3.05) is 0 Å². The van der Waals surface area contributed by atoms with E-state index in [1.54, 1.807) is 11.0 Å². The summed E-state index contributed by atoms with van der Waals surface area (Å²) in [4.78, 5) is 4.11. The smallest absolute Gasteiger partial charge is 0.336 e. The molecule has 0 aliphatic heterocycles. The third-order valence-electron chi connectivity index (χ3n) is 3.17. The van der Waals surface area contributed by atoms with Crippen LogP contribution in [0, 0.1) is 0 Å². The van der Waals surface area contributed by atoms with Crippen LogP contribution in [0.3, 0.4) is 0 Å². The van der Waals surface area contributed by atoms with E-state index >= 15 is 0 Å². The van der Waals surface area contributed by atoms with Crippen molar-refractivity contribution in [3.63, 3.8) is 0 Å². The molecule has 0 bridgehead atoms. The molecule has 2 aromatic rings. The van der Waals surface area contributed by atoms with Gasteiger partial charge in [-0.1, -0.05) is 18.2 Å². The van der Waals surface area contributed by atoms with Gasteiger partial charge in [-0.25, -0.2) is 4.68 Å². The molecule has 0 spiro atoms. The van der Waals surface area contributed by atoms with Crippen LogP contribution in [0.25, 0.3) is 5.69 Å². The van der Waals surface area contributed by atoms with Gasteiger partial charge in [-0.05, 0) is 31.4 Å². The normalized spacial score (nSPS) is 23.2. The first-order valence-corrected chi connectivity index (χ1v) is 6.15. The van der Waals surface area contributed by atoms with E-state index in [4.69, 9.17) is 4.74 Å². The fourth-order valence-electron chi connectivity index (χ4n) is 2.19. The second kappa shape index (κ2) is 4.78. The molecule has 5 nitrogen and oxygen atoms in total. The lowest BCUT2D eigenvalue weighted by atomic mass is 10.3. The third-order valence-corrected chi connectivity index (χ3v) is 3.17. The molecule has 3 rings (SSSR count). The minimum absolute atomic E-state index is 0.170. The van der Waals surface area contributed by atoms with Crippen LogP contribution in [0.4, 0.5) is 0 Å². The van der Waals surface area contributed by atoms with Gasteiger partial charge in [0.1, 0.15) is 12.4 Å². The van der Waals surface area contributed by atoms with E-state index in [0.29, 0.717) is 6.01 Å². The zero-order valence-electron chi connectivity index (χ0n) is 9.94. The summed E-state index contributed by atoms with van der Waals surface area (Å²) in [6.07, 6.45) is 3.70. The quantitative estimate of drug-likeness (QED) is 0.891. The summed E-state index contributed by atoms with van der Waals surface area (Å²) in [6.45, 7) is 0. The van der Waals surface area contributed by atoms with Crippen LogP contribution in [-0.2, 0) is 0 Å². The molecular formula is C13H15N3O2. The van der Waals surface area contributed by atoms with Crippen LogP contribution in [-0.4, -0.2) is 32.1 Å². The average molecular weight is 245 g/mol. The van der Waals surface area contributed by atoms with Crippen LogP contribution in [0.5, 0.6) is 6.01 Å². The van der Waals surface area contributed by atoms with Crippen molar-refractivity contribution in [3.05, 3.63) is 36.7 Å². The number of ether oxygens (including phenoxy) is 1. The molecule has 1 fully saturated rings. The summed E-state index contributed by atoms with van der Waals surface area (Å²) < 4.78 is 7.26. The maximum absolute atomic E-state index is 9.69. The van der Waals surface area contributed by atoms with Crippen LogP contribution < -0.4 is 4.74 Å². The Morgan fingerprint density at radius 2 is 2.06 bits per heavy atom. The highest BCUT2D eigenvalue weighted by molar-refractivity contribution is 5.29. The molecule has 1 aromatic carbocycles. The molecule has 5 heteroatoms. The Kier molecular flexibility index (Phi) is 2.98. The van der Waals surface area contributed by atoms with Gasteiger partial charge in [0.2, 0.25) is 0 Å². The second-order valence-corrected chi connectivity index (χ2v) is 4.46. The van der Waals surface area contributed by atoms with Crippen molar-refractivity contribution < 1.29 is 9.84 Å². The number of aromatic nitrogens is 3. The van der Waals surface area contributed by atoms with Gasteiger partial charge in [0.25, 0.3) is 0 Å². The van der Waals surface area contributed by atoms with Gasteiger partial charge in [0.15, 0.2) is 0 Å². The molecule has 2 unspecified atom stereocenters. The van der Waals surface area contributed by atoms with Gasteiger partial charge in [0, 0.05) is 0 Å². The molecule has 1 aliphatic carbocycles. The lowest BCUT2D eigenvalue weighted by Gasteiger charge is -2.13. The van der Waals surface area contributed by atoms with E-state index in [1.807, 2.05) is 30.3 Å². The first kappa shape index (κ1) is 11.2. The molecule has 2 atom stereocenters. The summed E-state index contributed by atoms with van der Waals surface area (Å²) >= 11 is 0. The predicted octanol–water partition coefficient (Wildman–Crippen LogP) is 1.56. The monoisotopic (exact) mass is 245 g/mol. The Labute approximate surface area is 105 Å². The number of nitrogens with zero attached hydrogens (tertiary/aromatic N) is 3. The number of para-hydroxylation sites is 1. The van der Waals surface area contributed by atoms with Crippen molar-refractivity contribution in [2.45, 2.75) is 31.5 Å². The molecule has 0 amide bonds. The Morgan fingerprint density at radius 3 is 2.78 bits per heavy atom. The largest absolute Gasteiger partial charge is 0.456 e. The van der Waals surface area contributed by atoms with Crippen molar-refractivity contribution in [2.24, 2.45) is 0 Å². The van der Waals surface area contributed by atoms with Gasteiger partial charge >= 0.3 is 6.01 Å². The number of aliphatic hydroxyl groups excluding tert-OH is 1. The summed E-state index contributed by atoms with van der Waals surface area (Å²) in [5.41, 5.74) is 0.937. The van der Waals surface area contributed by atoms with Crippen LogP contribution >= 0.6 is 0 Å². The second-order valence-electron chi connectivity index (χ2n) is 4.46. The highest BCUT2D eigenvalue weighted by atomic mass is 16.5. The van der Waals surface area contributed by atoms with E-state index in [0.717, 1.165) is 24.9 Å². The zero-order valence-corrected chi connectivity index (χ0v) is 9.94. The van der Waals surface area contributed by atoms with Gasteiger partial charge in [-0.15, -0.1) is 5.10 Å². The van der Waals surface area contributed by atoms with Crippen LogP contribution in [0.1, 0.15) is 19.3 Å². The van der Waals surface area contributed by atoms with Gasteiger partial charge in [-0.2, -0.15) is 4.98 Å². The SMILES string of the molecule is OC1CCCC1Oc1ncn(-c2ccccc2)n1. The molecule has 1 N–H and O–H groups in total. The van der Waals surface area contributed by atoms with E-state index < -0.39 is 6.10 Å². The zero-order chi connectivity index (χ0) is 12.4. The number of benzene rings is 1. The molecule has 1 aromatic heterocycles. The Hall–Kier alpha value is -1.88. The van der Waals surface area contributed by atoms with Crippen molar-refractivity contribution in [1.29, 1.82) is 0 Å². The standard InChI is InChI=1S/C13H15N3O2/c17-11-7-4-8-12(11)18-13-14-9-16(15-13)10-5-2-1-3-6-10/h1-3,5-6,9,11-12,17H,4,7-8H2. The van der Waals surface area contributed by atoms with E-state index in [1.165, 1.54) is 0 Å². The third kappa shape index (κ3) is 2.22. The van der Waals surface area contributed by atoms with E-state index in [2.05, 4.69) is 10.1 Å². The Balaban J connectivity index is 1.74. The van der Waals surface area contributed by atoms with E-state index in [9.17, 15) is 5.11 Å². The van der Waals surface area contributed by atoms with E-state index in [-0.39, 0.29) is 6.10 Å². The number of rotatable bonds is 3. The van der Waals surface area contributed by atoms with Gasteiger partial charge in [0.05, 0.1) is 11.8 Å². The molecule has 1 aliphatic rings. The van der Waals surface area contributed by atoms with Gasteiger partial charge in [-0.3, -0.25) is 0 Å². The summed E-state index contributed by atoms with van der Waals surface area (Å²) in [5.74, 6) is 0. The van der Waals surface area contributed by atoms with Crippen molar-refractivity contribution in [1.82, 2.24) is 14.8 Å². The number of hydrogen-bond donors (Lipinski definition) is 1. The Bertz CT molecular complexity index is 512. The average Bonchev–Trinajstić information content (AvgIpc) is 3.02. The summed E-state index contributed by atoms with van der Waals surface area (Å²) in [7, 11) is 0. The number of hydrogen-bond acceptors (Lipinski definition) is 4. The maximum atomic E-state index is 9.69. The van der Waals surface area contributed by atoms with Crippen molar-refractivity contribution >= 4 is 0 Å². The van der Waals surface area contributed by atoms with Crippen molar-refractivity contribution in [3.8, 4) is 11.7 Å². The maximum Gasteiger partial charge on any atom is 0.336 e. The minimum Gasteiger partial charge on any atom is -0.456 e. The van der Waals surface area contributed by atoms with Crippen LogP contribution in [0.15, 0.2) is 36.7 Å². The van der Waals surface area contributed by atoms with Crippen LogP contribution in [0.2, 0.25) is 0 Å². The lowest BCUT2D eigenvalue weighted by molar-refractivity contribution is 0.0542.